The van der Waals surface area contributed by atoms with E-state index in [1.54, 1.807) is 12.1 Å². The molecule has 0 saturated heterocycles. The van der Waals surface area contributed by atoms with Gasteiger partial charge in [-0.05, 0) is 12.1 Å². The molecule has 0 aliphatic heterocycles. The fourth-order valence-corrected chi connectivity index (χ4v) is 2.52. The van der Waals surface area contributed by atoms with Gasteiger partial charge >= 0.3 is 5.69 Å². The van der Waals surface area contributed by atoms with Crippen LogP contribution in [0.1, 0.15) is 10.4 Å². The molecule has 23 heavy (non-hydrogen) atoms. The minimum Gasteiger partial charge on any atom is -0.464 e. The number of aryl methyl sites for hydroxylation is 1. The highest BCUT2D eigenvalue weighted by Gasteiger charge is 2.25. The molecule has 0 radical (unpaired) electrons. The molecule has 0 bridgehead atoms. The second kappa shape index (κ2) is 4.83. The lowest BCUT2D eigenvalue weighted by Crippen LogP contribution is -2.38. The quantitative estimate of drug-likeness (QED) is 0.658. The van der Waals surface area contributed by atoms with Crippen molar-refractivity contribution >= 4 is 22.8 Å². The predicted octanol–water partition coefficient (Wildman–Crippen LogP) is -0.427. The monoisotopic (exact) mass is 315 g/mol. The van der Waals surface area contributed by atoms with E-state index >= 15 is 0 Å². The number of nitrogens with two attached hydrogens (primary N) is 2. The number of anilines is 1. The second-order valence-electron chi connectivity index (χ2n) is 4.99. The summed E-state index contributed by atoms with van der Waals surface area (Å²) in [6.07, 6.45) is 1.38. The molecule has 0 saturated carbocycles. The van der Waals surface area contributed by atoms with Crippen LogP contribution in [0, 0.1) is 0 Å². The molecule has 0 fully saturated rings. The third-order valence-corrected chi connectivity index (χ3v) is 3.63. The second-order valence-corrected chi connectivity index (χ2v) is 4.99. The van der Waals surface area contributed by atoms with E-state index < -0.39 is 17.2 Å². The van der Waals surface area contributed by atoms with E-state index in [2.05, 4.69) is 4.98 Å². The van der Waals surface area contributed by atoms with Crippen molar-refractivity contribution < 1.29 is 9.21 Å². The van der Waals surface area contributed by atoms with Gasteiger partial charge in [0, 0.05) is 14.1 Å². The third kappa shape index (κ3) is 1.94. The number of carbonyl (C=O) groups excluding carboxylic acids is 1. The average molecular weight is 315 g/mol. The minimum absolute atomic E-state index is 0.0348. The van der Waals surface area contributed by atoms with Crippen molar-refractivity contribution in [3.8, 4) is 11.3 Å². The number of amides is 1. The van der Waals surface area contributed by atoms with E-state index in [4.69, 9.17) is 15.9 Å². The highest BCUT2D eigenvalue weighted by Crippen LogP contribution is 2.32. The summed E-state index contributed by atoms with van der Waals surface area (Å²) < 4.78 is 7.40. The Morgan fingerprint density at radius 3 is 2.52 bits per heavy atom. The molecule has 0 atom stereocenters. The Morgan fingerprint density at radius 1 is 1.26 bits per heavy atom. The third-order valence-electron chi connectivity index (χ3n) is 3.63. The summed E-state index contributed by atoms with van der Waals surface area (Å²) in [4.78, 5) is 40.5. The van der Waals surface area contributed by atoms with E-state index in [9.17, 15) is 14.4 Å². The van der Waals surface area contributed by atoms with Crippen LogP contribution in [0.15, 0.2) is 32.4 Å². The van der Waals surface area contributed by atoms with Gasteiger partial charge < -0.3 is 15.9 Å². The molecule has 9 nitrogen and oxygen atoms in total. The van der Waals surface area contributed by atoms with Gasteiger partial charge in [0.1, 0.15) is 11.6 Å². The minimum atomic E-state index is -0.848. The van der Waals surface area contributed by atoms with Gasteiger partial charge in [-0.3, -0.25) is 18.7 Å². The van der Waals surface area contributed by atoms with Gasteiger partial charge in [-0.15, -0.1) is 0 Å². The van der Waals surface area contributed by atoms with Crippen LogP contribution in [0.4, 0.5) is 5.82 Å². The predicted molar refractivity (Wildman–Crippen MR) is 82.9 cm³/mol. The van der Waals surface area contributed by atoms with Crippen molar-refractivity contribution in [2.75, 3.05) is 5.73 Å². The first-order valence-electron chi connectivity index (χ1n) is 6.57. The Hall–Kier alpha value is -3.36. The van der Waals surface area contributed by atoms with Crippen molar-refractivity contribution in [3.63, 3.8) is 0 Å². The number of rotatable bonds is 2. The maximum atomic E-state index is 12.6. The van der Waals surface area contributed by atoms with Gasteiger partial charge in [0.2, 0.25) is 0 Å². The smallest absolute Gasteiger partial charge is 0.332 e. The SMILES string of the molecule is Cn1c(=O)c2c(-c3ccco3)c(C(N)=O)c(N)nc2n(C)c1=O. The molecule has 0 aromatic carbocycles. The summed E-state index contributed by atoms with van der Waals surface area (Å²) in [6, 6.07) is 3.15. The molecular weight excluding hydrogens is 302 g/mol. The molecule has 1 amide bonds. The Kier molecular flexibility index (Phi) is 3.06. The van der Waals surface area contributed by atoms with Gasteiger partial charge in [-0.25, -0.2) is 9.78 Å². The summed E-state index contributed by atoms with van der Waals surface area (Å²) in [5.41, 5.74) is 10.1. The van der Waals surface area contributed by atoms with E-state index in [0.717, 1.165) is 4.57 Å². The fraction of sp³-hybridized carbons (Fsp3) is 0.143. The first-order valence-corrected chi connectivity index (χ1v) is 6.57. The Labute approximate surface area is 128 Å². The first-order chi connectivity index (χ1) is 10.8. The molecular formula is C14H13N5O4. The van der Waals surface area contributed by atoms with Crippen molar-refractivity contribution in [3.05, 3.63) is 44.8 Å². The molecule has 0 spiro atoms. The van der Waals surface area contributed by atoms with E-state index in [-0.39, 0.29) is 33.7 Å². The van der Waals surface area contributed by atoms with E-state index in [1.165, 1.54) is 24.9 Å². The number of fused-ring (bicyclic) bond motifs is 1. The maximum absolute atomic E-state index is 12.6. The molecule has 9 heteroatoms. The van der Waals surface area contributed by atoms with Gasteiger partial charge in [0.25, 0.3) is 11.5 Å². The van der Waals surface area contributed by atoms with Crippen molar-refractivity contribution in [2.24, 2.45) is 19.8 Å². The number of hydrogen-bond acceptors (Lipinski definition) is 6. The largest absolute Gasteiger partial charge is 0.464 e. The van der Waals surface area contributed by atoms with Crippen LogP contribution in [-0.4, -0.2) is 20.0 Å². The van der Waals surface area contributed by atoms with Crippen molar-refractivity contribution in [1.29, 1.82) is 0 Å². The van der Waals surface area contributed by atoms with Crippen LogP contribution in [0.3, 0.4) is 0 Å². The normalized spacial score (nSPS) is 11.0. The topological polar surface area (TPSA) is 139 Å². The lowest BCUT2D eigenvalue weighted by atomic mass is 10.0. The average Bonchev–Trinajstić information content (AvgIpc) is 3.03. The lowest BCUT2D eigenvalue weighted by molar-refractivity contribution is 0.100. The fourth-order valence-electron chi connectivity index (χ4n) is 2.52. The van der Waals surface area contributed by atoms with Crippen LogP contribution in [0.2, 0.25) is 0 Å². The number of aromatic nitrogens is 3. The molecule has 0 aliphatic rings. The summed E-state index contributed by atoms with van der Waals surface area (Å²) >= 11 is 0. The number of nitrogens with zero attached hydrogens (tertiary/aromatic N) is 3. The van der Waals surface area contributed by atoms with Gasteiger partial charge in [0.15, 0.2) is 5.65 Å². The number of nitrogen functional groups attached to an aromatic ring is 1. The summed E-state index contributed by atoms with van der Waals surface area (Å²) in [5.74, 6) is -0.799. The lowest BCUT2D eigenvalue weighted by Gasteiger charge is -2.13. The van der Waals surface area contributed by atoms with Gasteiger partial charge in [-0.1, -0.05) is 0 Å². The first kappa shape index (κ1) is 14.6. The zero-order valence-corrected chi connectivity index (χ0v) is 12.4. The molecule has 118 valence electrons. The molecule has 4 N–H and O–H groups in total. The summed E-state index contributed by atoms with van der Waals surface area (Å²) in [6.45, 7) is 0. The van der Waals surface area contributed by atoms with Crippen LogP contribution < -0.4 is 22.7 Å². The van der Waals surface area contributed by atoms with Crippen LogP contribution in [-0.2, 0) is 14.1 Å². The number of furan rings is 1. The Balaban J connectivity index is 2.71. The summed E-state index contributed by atoms with van der Waals surface area (Å²) in [7, 11) is 2.78. The number of pyridine rings is 1. The number of carbonyl (C=O) groups is 1. The molecule has 3 heterocycles. The van der Waals surface area contributed by atoms with E-state index in [0.29, 0.717) is 0 Å². The standard InChI is InChI=1S/C14H13N5O4/c1-18-12-9(13(21)19(2)14(18)22)7(6-4-3-5-23-6)8(11(16)20)10(15)17-12/h3-5H,1-2H3,(H2,15,17)(H2,16,20). The molecule has 3 aromatic heterocycles. The molecule has 3 rings (SSSR count). The number of primary amides is 1. The molecule has 3 aromatic rings. The van der Waals surface area contributed by atoms with Crippen molar-refractivity contribution in [1.82, 2.24) is 14.1 Å². The number of hydrogen-bond donors (Lipinski definition) is 2. The summed E-state index contributed by atoms with van der Waals surface area (Å²) in [5, 5.41) is 0.0348. The van der Waals surface area contributed by atoms with Crippen LogP contribution in [0.5, 0.6) is 0 Å². The zero-order valence-electron chi connectivity index (χ0n) is 12.4. The Morgan fingerprint density at radius 2 is 1.96 bits per heavy atom. The zero-order chi connectivity index (χ0) is 16.9. The highest BCUT2D eigenvalue weighted by molar-refractivity contribution is 6.10. The van der Waals surface area contributed by atoms with Gasteiger partial charge in [0.05, 0.1) is 22.8 Å². The van der Waals surface area contributed by atoms with E-state index in [1.807, 2.05) is 0 Å². The highest BCUT2D eigenvalue weighted by atomic mass is 16.3. The van der Waals surface area contributed by atoms with Gasteiger partial charge in [-0.2, -0.15) is 0 Å². The van der Waals surface area contributed by atoms with Crippen LogP contribution >= 0.6 is 0 Å². The van der Waals surface area contributed by atoms with Crippen molar-refractivity contribution in [2.45, 2.75) is 0 Å². The van der Waals surface area contributed by atoms with Crippen LogP contribution in [0.25, 0.3) is 22.4 Å². The maximum Gasteiger partial charge on any atom is 0.332 e. The molecule has 0 aliphatic carbocycles. The molecule has 0 unspecified atom stereocenters. The Bertz CT molecular complexity index is 1060.